The Kier molecular flexibility index (Phi) is 4.53. The molecule has 0 saturated heterocycles. The number of rotatable bonds is 6. The fourth-order valence-electron chi connectivity index (χ4n) is 2.45. The Bertz CT molecular complexity index is 487. The first kappa shape index (κ1) is 14.7. The summed E-state index contributed by atoms with van der Waals surface area (Å²) in [6.45, 7) is 5.51. The van der Waals surface area contributed by atoms with Gasteiger partial charge in [-0.15, -0.1) is 0 Å². The molecule has 110 valence electrons. The highest BCUT2D eigenvalue weighted by atomic mass is 16.5. The van der Waals surface area contributed by atoms with Crippen LogP contribution in [0.25, 0.3) is 0 Å². The number of hydrogen-bond acceptors (Lipinski definition) is 3. The van der Waals surface area contributed by atoms with Gasteiger partial charge in [-0.1, -0.05) is 13.0 Å². The smallest absolute Gasteiger partial charge is 0.226 e. The van der Waals surface area contributed by atoms with Crippen LogP contribution < -0.4 is 9.47 Å². The van der Waals surface area contributed by atoms with Crippen LogP contribution in [0.3, 0.4) is 0 Å². The number of carbonyl (C=O) groups excluding carboxylic acids is 1. The van der Waals surface area contributed by atoms with E-state index >= 15 is 0 Å². The van der Waals surface area contributed by atoms with E-state index in [0.29, 0.717) is 24.0 Å². The SMILES string of the molecule is CCN(Cc1ccc(OC)c(OC)c1)C(=O)C1CC1C. The Morgan fingerprint density at radius 1 is 1.30 bits per heavy atom. The van der Waals surface area contributed by atoms with E-state index < -0.39 is 0 Å². The normalized spacial score (nSPS) is 20.4. The molecule has 0 spiro atoms. The number of ether oxygens (including phenoxy) is 2. The second-order valence-corrected chi connectivity index (χ2v) is 5.36. The predicted molar refractivity (Wildman–Crippen MR) is 77.9 cm³/mol. The topological polar surface area (TPSA) is 38.8 Å². The zero-order chi connectivity index (χ0) is 14.7. The Morgan fingerprint density at radius 2 is 1.95 bits per heavy atom. The maximum Gasteiger partial charge on any atom is 0.226 e. The molecule has 1 aliphatic rings. The molecule has 0 N–H and O–H groups in total. The third kappa shape index (κ3) is 3.06. The first-order valence-corrected chi connectivity index (χ1v) is 7.10. The predicted octanol–water partition coefficient (Wildman–Crippen LogP) is 2.71. The molecule has 0 radical (unpaired) electrons. The van der Waals surface area contributed by atoms with Crippen LogP contribution in [0.2, 0.25) is 0 Å². The zero-order valence-corrected chi connectivity index (χ0v) is 12.7. The van der Waals surface area contributed by atoms with Crippen molar-refractivity contribution in [1.29, 1.82) is 0 Å². The summed E-state index contributed by atoms with van der Waals surface area (Å²) in [6, 6.07) is 5.80. The van der Waals surface area contributed by atoms with Gasteiger partial charge in [0, 0.05) is 19.0 Å². The van der Waals surface area contributed by atoms with E-state index in [1.165, 1.54) is 0 Å². The maximum absolute atomic E-state index is 12.3. The minimum Gasteiger partial charge on any atom is -0.493 e. The van der Waals surface area contributed by atoms with Gasteiger partial charge >= 0.3 is 0 Å². The highest BCUT2D eigenvalue weighted by Gasteiger charge is 2.41. The van der Waals surface area contributed by atoms with Gasteiger partial charge in [0.1, 0.15) is 0 Å². The lowest BCUT2D eigenvalue weighted by Gasteiger charge is -2.21. The monoisotopic (exact) mass is 277 g/mol. The minimum atomic E-state index is 0.232. The molecule has 1 amide bonds. The van der Waals surface area contributed by atoms with Crippen molar-refractivity contribution in [1.82, 2.24) is 4.90 Å². The molecule has 2 rings (SSSR count). The van der Waals surface area contributed by atoms with Crippen molar-refractivity contribution in [2.45, 2.75) is 26.8 Å². The van der Waals surface area contributed by atoms with Crippen molar-refractivity contribution in [2.75, 3.05) is 20.8 Å². The molecule has 2 unspecified atom stereocenters. The van der Waals surface area contributed by atoms with Crippen LogP contribution in [0.15, 0.2) is 18.2 Å². The second kappa shape index (κ2) is 6.16. The Morgan fingerprint density at radius 3 is 2.45 bits per heavy atom. The van der Waals surface area contributed by atoms with Crippen LogP contribution in [0.4, 0.5) is 0 Å². The number of nitrogens with zero attached hydrogens (tertiary/aromatic N) is 1. The standard InChI is InChI=1S/C16H23NO3/c1-5-17(16(18)13-8-11(13)2)10-12-6-7-14(19-3)15(9-12)20-4/h6-7,9,11,13H,5,8,10H2,1-4H3. The van der Waals surface area contributed by atoms with Crippen molar-refractivity contribution < 1.29 is 14.3 Å². The first-order valence-electron chi connectivity index (χ1n) is 7.10. The van der Waals surface area contributed by atoms with Gasteiger partial charge in [0.15, 0.2) is 11.5 Å². The molecule has 4 nitrogen and oxygen atoms in total. The van der Waals surface area contributed by atoms with Gasteiger partial charge in [-0.05, 0) is 37.0 Å². The summed E-state index contributed by atoms with van der Waals surface area (Å²) >= 11 is 0. The lowest BCUT2D eigenvalue weighted by molar-refractivity contribution is -0.133. The summed E-state index contributed by atoms with van der Waals surface area (Å²) < 4.78 is 10.5. The van der Waals surface area contributed by atoms with Gasteiger partial charge < -0.3 is 14.4 Å². The van der Waals surface area contributed by atoms with Crippen molar-refractivity contribution in [3.05, 3.63) is 23.8 Å². The summed E-state index contributed by atoms with van der Waals surface area (Å²) in [4.78, 5) is 14.2. The summed E-state index contributed by atoms with van der Waals surface area (Å²) in [5, 5.41) is 0. The van der Waals surface area contributed by atoms with Crippen LogP contribution in [0.1, 0.15) is 25.8 Å². The zero-order valence-electron chi connectivity index (χ0n) is 12.7. The van der Waals surface area contributed by atoms with Crippen LogP contribution >= 0.6 is 0 Å². The molecule has 0 aliphatic heterocycles. The number of carbonyl (C=O) groups is 1. The van der Waals surface area contributed by atoms with Crippen LogP contribution in [0, 0.1) is 11.8 Å². The summed E-state index contributed by atoms with van der Waals surface area (Å²) in [6.07, 6.45) is 1.03. The fourth-order valence-corrected chi connectivity index (χ4v) is 2.45. The number of benzene rings is 1. The highest BCUT2D eigenvalue weighted by molar-refractivity contribution is 5.81. The molecule has 0 heterocycles. The molecule has 1 aromatic carbocycles. The number of amides is 1. The molecule has 20 heavy (non-hydrogen) atoms. The van der Waals surface area contributed by atoms with Crippen LogP contribution in [-0.4, -0.2) is 31.6 Å². The second-order valence-electron chi connectivity index (χ2n) is 5.36. The molecular formula is C16H23NO3. The van der Waals surface area contributed by atoms with Gasteiger partial charge in [0.25, 0.3) is 0 Å². The Labute approximate surface area is 120 Å². The number of hydrogen-bond donors (Lipinski definition) is 0. The van der Waals surface area contributed by atoms with Crippen molar-refractivity contribution in [3.63, 3.8) is 0 Å². The lowest BCUT2D eigenvalue weighted by Crippen LogP contribution is -2.31. The number of methoxy groups -OCH3 is 2. The summed E-state index contributed by atoms with van der Waals surface area (Å²) in [7, 11) is 3.24. The van der Waals surface area contributed by atoms with E-state index in [1.807, 2.05) is 30.0 Å². The van der Waals surface area contributed by atoms with Crippen molar-refractivity contribution >= 4 is 5.91 Å². The third-order valence-corrected chi connectivity index (χ3v) is 3.94. The van der Waals surface area contributed by atoms with Crippen molar-refractivity contribution in [2.24, 2.45) is 11.8 Å². The van der Waals surface area contributed by atoms with E-state index in [2.05, 4.69) is 6.92 Å². The van der Waals surface area contributed by atoms with E-state index in [1.54, 1.807) is 14.2 Å². The average molecular weight is 277 g/mol. The molecule has 1 fully saturated rings. The molecule has 4 heteroatoms. The molecule has 1 aliphatic carbocycles. The average Bonchev–Trinajstić information content (AvgIpc) is 3.20. The van der Waals surface area contributed by atoms with Gasteiger partial charge in [0.05, 0.1) is 14.2 Å². The Balaban J connectivity index is 2.09. The van der Waals surface area contributed by atoms with Gasteiger partial charge in [-0.2, -0.15) is 0 Å². The highest BCUT2D eigenvalue weighted by Crippen LogP contribution is 2.39. The van der Waals surface area contributed by atoms with E-state index in [-0.39, 0.29) is 11.8 Å². The molecule has 1 saturated carbocycles. The lowest BCUT2D eigenvalue weighted by atomic mass is 10.1. The fraction of sp³-hybridized carbons (Fsp3) is 0.562. The van der Waals surface area contributed by atoms with Gasteiger partial charge in [-0.3, -0.25) is 4.79 Å². The van der Waals surface area contributed by atoms with E-state index in [0.717, 1.165) is 18.5 Å². The quantitative estimate of drug-likeness (QED) is 0.802. The van der Waals surface area contributed by atoms with Gasteiger partial charge in [-0.25, -0.2) is 0 Å². The Hall–Kier alpha value is -1.71. The minimum absolute atomic E-state index is 0.232. The van der Waals surface area contributed by atoms with Gasteiger partial charge in [0.2, 0.25) is 5.91 Å². The summed E-state index contributed by atoms with van der Waals surface area (Å²) in [5.74, 6) is 2.46. The molecular weight excluding hydrogens is 254 g/mol. The van der Waals surface area contributed by atoms with E-state index in [9.17, 15) is 4.79 Å². The largest absolute Gasteiger partial charge is 0.493 e. The van der Waals surface area contributed by atoms with Crippen molar-refractivity contribution in [3.8, 4) is 11.5 Å². The van der Waals surface area contributed by atoms with Crippen LogP contribution in [-0.2, 0) is 11.3 Å². The molecule has 1 aromatic rings. The van der Waals surface area contributed by atoms with E-state index in [4.69, 9.17) is 9.47 Å². The first-order chi connectivity index (χ1) is 9.60. The molecule has 0 aromatic heterocycles. The summed E-state index contributed by atoms with van der Waals surface area (Å²) in [5.41, 5.74) is 1.06. The maximum atomic E-state index is 12.3. The van der Waals surface area contributed by atoms with Crippen LogP contribution in [0.5, 0.6) is 11.5 Å². The molecule has 2 atom stereocenters. The third-order valence-electron chi connectivity index (χ3n) is 3.94. The molecule has 0 bridgehead atoms.